The molecule has 0 aromatic heterocycles. The normalized spacial score (nSPS) is 9.95. The smallest absolute Gasteiger partial charge is 0.251 e. The third kappa shape index (κ3) is 3.90. The Labute approximate surface area is 123 Å². The Kier molecular flexibility index (Phi) is 4.68. The minimum absolute atomic E-state index is 0.216. The zero-order valence-electron chi connectivity index (χ0n) is 11.7. The number of rotatable bonds is 4. The number of amides is 1. The van der Waals surface area contributed by atoms with Crippen molar-refractivity contribution in [2.75, 3.05) is 6.54 Å². The number of nitrogens with zero attached hydrogens (tertiary/aromatic N) is 1. The van der Waals surface area contributed by atoms with Gasteiger partial charge in [-0.3, -0.25) is 4.79 Å². The second-order valence-corrected chi connectivity index (χ2v) is 4.77. The number of hydrogen-bond donors (Lipinski definition) is 1. The third-order valence-corrected chi connectivity index (χ3v) is 3.24. The molecule has 21 heavy (non-hydrogen) atoms. The van der Waals surface area contributed by atoms with Crippen LogP contribution in [0, 0.1) is 24.1 Å². The molecule has 2 aromatic carbocycles. The number of halogens is 1. The van der Waals surface area contributed by atoms with Crippen LogP contribution in [0.1, 0.15) is 27.0 Å². The monoisotopic (exact) mass is 282 g/mol. The lowest BCUT2D eigenvalue weighted by Crippen LogP contribution is -2.25. The molecular formula is C17H15FN2O. The molecule has 106 valence electrons. The van der Waals surface area contributed by atoms with E-state index in [4.69, 9.17) is 5.26 Å². The fourth-order valence-electron chi connectivity index (χ4n) is 2.08. The van der Waals surface area contributed by atoms with Crippen molar-refractivity contribution in [1.29, 1.82) is 5.26 Å². The van der Waals surface area contributed by atoms with Crippen LogP contribution in [0.25, 0.3) is 0 Å². The van der Waals surface area contributed by atoms with Crippen molar-refractivity contribution in [3.8, 4) is 6.07 Å². The van der Waals surface area contributed by atoms with Gasteiger partial charge in [0, 0.05) is 12.1 Å². The predicted octanol–water partition coefficient (Wildman–Crippen LogP) is 2.98. The molecule has 0 fully saturated rings. The quantitative estimate of drug-likeness (QED) is 0.937. The number of carbonyl (C=O) groups excluding carboxylic acids is 1. The van der Waals surface area contributed by atoms with Crippen LogP contribution in [0.15, 0.2) is 42.5 Å². The summed E-state index contributed by atoms with van der Waals surface area (Å²) in [6.07, 6.45) is 0.635. The lowest BCUT2D eigenvalue weighted by molar-refractivity contribution is 0.0954. The van der Waals surface area contributed by atoms with Crippen molar-refractivity contribution in [3.63, 3.8) is 0 Å². The maximum absolute atomic E-state index is 13.0. The molecule has 0 aliphatic carbocycles. The molecule has 0 bridgehead atoms. The summed E-state index contributed by atoms with van der Waals surface area (Å²) in [6, 6.07) is 13.2. The van der Waals surface area contributed by atoms with Crippen LogP contribution in [-0.2, 0) is 6.42 Å². The Morgan fingerprint density at radius 1 is 1.29 bits per heavy atom. The molecule has 0 unspecified atom stereocenters. The first kappa shape index (κ1) is 14.7. The minimum Gasteiger partial charge on any atom is -0.352 e. The SMILES string of the molecule is Cc1cc(F)ccc1CCNC(=O)c1cccc(C#N)c1. The molecule has 0 saturated heterocycles. The summed E-state index contributed by atoms with van der Waals surface area (Å²) in [5.74, 6) is -0.472. The van der Waals surface area contributed by atoms with Gasteiger partial charge in [0.1, 0.15) is 5.82 Å². The fourth-order valence-corrected chi connectivity index (χ4v) is 2.08. The number of benzene rings is 2. The van der Waals surface area contributed by atoms with Crippen molar-refractivity contribution in [1.82, 2.24) is 5.32 Å². The van der Waals surface area contributed by atoms with Gasteiger partial charge in [-0.15, -0.1) is 0 Å². The number of carbonyl (C=O) groups is 1. The van der Waals surface area contributed by atoms with Crippen LogP contribution in [0.4, 0.5) is 4.39 Å². The van der Waals surface area contributed by atoms with E-state index in [1.807, 2.05) is 13.0 Å². The van der Waals surface area contributed by atoms with Crippen LogP contribution in [0.3, 0.4) is 0 Å². The first-order valence-electron chi connectivity index (χ1n) is 6.63. The van der Waals surface area contributed by atoms with Crippen molar-refractivity contribution < 1.29 is 9.18 Å². The first-order chi connectivity index (χ1) is 10.1. The topological polar surface area (TPSA) is 52.9 Å². The molecule has 4 heteroatoms. The van der Waals surface area contributed by atoms with E-state index in [0.29, 0.717) is 24.1 Å². The summed E-state index contributed by atoms with van der Waals surface area (Å²) >= 11 is 0. The van der Waals surface area contributed by atoms with Crippen molar-refractivity contribution in [2.45, 2.75) is 13.3 Å². The molecule has 0 saturated carbocycles. The van der Waals surface area contributed by atoms with E-state index in [1.54, 1.807) is 30.3 Å². The predicted molar refractivity (Wildman–Crippen MR) is 78.3 cm³/mol. The van der Waals surface area contributed by atoms with E-state index in [-0.39, 0.29) is 11.7 Å². The summed E-state index contributed by atoms with van der Waals surface area (Å²) in [7, 11) is 0. The number of aryl methyl sites for hydroxylation is 1. The van der Waals surface area contributed by atoms with Crippen molar-refractivity contribution >= 4 is 5.91 Å². The number of hydrogen-bond acceptors (Lipinski definition) is 2. The molecule has 0 spiro atoms. The standard InChI is InChI=1S/C17H15FN2O/c1-12-9-16(18)6-5-14(12)7-8-20-17(21)15-4-2-3-13(10-15)11-19/h2-6,9-10H,7-8H2,1H3,(H,20,21). The van der Waals surface area contributed by atoms with Gasteiger partial charge >= 0.3 is 0 Å². The minimum atomic E-state index is -0.256. The van der Waals surface area contributed by atoms with E-state index < -0.39 is 0 Å². The summed E-state index contributed by atoms with van der Waals surface area (Å²) in [6.45, 7) is 2.30. The molecule has 0 aliphatic heterocycles. The van der Waals surface area contributed by atoms with Gasteiger partial charge in [0.15, 0.2) is 0 Å². The molecule has 0 atom stereocenters. The van der Waals surface area contributed by atoms with Gasteiger partial charge < -0.3 is 5.32 Å². The van der Waals surface area contributed by atoms with Gasteiger partial charge in [0.2, 0.25) is 0 Å². The maximum atomic E-state index is 13.0. The second-order valence-electron chi connectivity index (χ2n) is 4.77. The van der Waals surface area contributed by atoms with Crippen LogP contribution in [-0.4, -0.2) is 12.5 Å². The molecule has 0 aliphatic rings. The van der Waals surface area contributed by atoms with Gasteiger partial charge in [0.05, 0.1) is 11.6 Å². The average molecular weight is 282 g/mol. The van der Waals surface area contributed by atoms with E-state index in [1.165, 1.54) is 12.1 Å². The van der Waals surface area contributed by atoms with Crippen LogP contribution >= 0.6 is 0 Å². The first-order valence-corrected chi connectivity index (χ1v) is 6.63. The van der Waals surface area contributed by atoms with Gasteiger partial charge in [-0.2, -0.15) is 5.26 Å². The molecule has 0 heterocycles. The van der Waals surface area contributed by atoms with Gasteiger partial charge in [0.25, 0.3) is 5.91 Å². The van der Waals surface area contributed by atoms with E-state index in [0.717, 1.165) is 11.1 Å². The molecule has 2 aromatic rings. The fraction of sp³-hybridized carbons (Fsp3) is 0.176. The second kappa shape index (κ2) is 6.67. The van der Waals surface area contributed by atoms with E-state index in [2.05, 4.69) is 5.32 Å². The highest BCUT2D eigenvalue weighted by molar-refractivity contribution is 5.94. The van der Waals surface area contributed by atoms with Crippen LogP contribution in [0.2, 0.25) is 0 Å². The maximum Gasteiger partial charge on any atom is 0.251 e. The summed E-state index contributed by atoms with van der Waals surface area (Å²) in [5.41, 5.74) is 2.79. The Bertz CT molecular complexity index is 704. The third-order valence-electron chi connectivity index (χ3n) is 3.24. The molecule has 3 nitrogen and oxygen atoms in total. The average Bonchev–Trinajstić information content (AvgIpc) is 2.49. The summed E-state index contributed by atoms with van der Waals surface area (Å²) in [4.78, 5) is 12.0. The largest absolute Gasteiger partial charge is 0.352 e. The number of nitrogens with one attached hydrogen (secondary N) is 1. The van der Waals surface area contributed by atoms with Crippen LogP contribution in [0.5, 0.6) is 0 Å². The zero-order valence-corrected chi connectivity index (χ0v) is 11.7. The summed E-state index contributed by atoms with van der Waals surface area (Å²) < 4.78 is 13.0. The van der Waals surface area contributed by atoms with Crippen LogP contribution < -0.4 is 5.32 Å². The van der Waals surface area contributed by atoms with Crippen molar-refractivity contribution in [3.05, 3.63) is 70.5 Å². The Morgan fingerprint density at radius 3 is 2.81 bits per heavy atom. The van der Waals surface area contributed by atoms with Crippen molar-refractivity contribution in [2.24, 2.45) is 0 Å². The number of nitriles is 1. The molecule has 0 radical (unpaired) electrons. The highest BCUT2D eigenvalue weighted by atomic mass is 19.1. The highest BCUT2D eigenvalue weighted by Gasteiger charge is 2.06. The highest BCUT2D eigenvalue weighted by Crippen LogP contribution is 2.10. The zero-order chi connectivity index (χ0) is 15.2. The van der Waals surface area contributed by atoms with Gasteiger partial charge in [-0.05, 0) is 54.8 Å². The molecule has 2 rings (SSSR count). The Balaban J connectivity index is 1.94. The molecule has 1 amide bonds. The molecular weight excluding hydrogens is 267 g/mol. The summed E-state index contributed by atoms with van der Waals surface area (Å²) in [5, 5.41) is 11.6. The van der Waals surface area contributed by atoms with Gasteiger partial charge in [-0.1, -0.05) is 12.1 Å². The lowest BCUT2D eigenvalue weighted by atomic mass is 10.1. The lowest BCUT2D eigenvalue weighted by Gasteiger charge is -2.08. The van der Waals surface area contributed by atoms with Gasteiger partial charge in [-0.25, -0.2) is 4.39 Å². The van der Waals surface area contributed by atoms with E-state index >= 15 is 0 Å². The molecule has 1 N–H and O–H groups in total. The van der Waals surface area contributed by atoms with E-state index in [9.17, 15) is 9.18 Å². The Hall–Kier alpha value is -2.67. The Morgan fingerprint density at radius 2 is 2.10 bits per heavy atom.